The van der Waals surface area contributed by atoms with E-state index in [1.165, 1.54) is 16.5 Å². The molecule has 2 aromatic carbocycles. The number of pyridine rings is 1. The molecule has 1 amide bonds. The van der Waals surface area contributed by atoms with Gasteiger partial charge in [0.15, 0.2) is 18.9 Å². The molecule has 2 heterocycles. The summed E-state index contributed by atoms with van der Waals surface area (Å²) in [7, 11) is 0. The van der Waals surface area contributed by atoms with E-state index in [2.05, 4.69) is 39.1 Å². The van der Waals surface area contributed by atoms with Gasteiger partial charge in [0.1, 0.15) is 0 Å². The third-order valence-electron chi connectivity index (χ3n) is 4.72. The van der Waals surface area contributed by atoms with Crippen molar-refractivity contribution in [1.82, 2.24) is 10.3 Å². The highest BCUT2D eigenvalue weighted by Gasteiger charge is 2.09. The van der Waals surface area contributed by atoms with Crippen LogP contribution in [0.2, 0.25) is 0 Å². The normalized spacial score (nSPS) is 10.4. The van der Waals surface area contributed by atoms with Gasteiger partial charge in [-0.3, -0.25) is 4.79 Å². The van der Waals surface area contributed by atoms with Crippen LogP contribution in [0, 0.1) is 0 Å². The number of benzene rings is 2. The van der Waals surface area contributed by atoms with Crippen LogP contribution in [0.5, 0.6) is 0 Å². The van der Waals surface area contributed by atoms with Crippen LogP contribution in [0.3, 0.4) is 0 Å². The highest BCUT2D eigenvalue weighted by Crippen LogP contribution is 2.17. The van der Waals surface area contributed by atoms with Crippen molar-refractivity contribution in [3.05, 3.63) is 102 Å². The predicted molar refractivity (Wildman–Crippen MR) is 107 cm³/mol. The molecule has 4 rings (SSSR count). The first kappa shape index (κ1) is 19.8. The summed E-state index contributed by atoms with van der Waals surface area (Å²) < 4.78 is 2.07. The number of carbonyl (C=O) groups excluding carboxylic acids is 1. The van der Waals surface area contributed by atoms with Gasteiger partial charge in [0.25, 0.3) is 5.91 Å². The Labute approximate surface area is 175 Å². The van der Waals surface area contributed by atoms with Crippen LogP contribution in [0.15, 0.2) is 85.3 Å². The smallest absolute Gasteiger partial charge is 0.251 e. The number of aromatic amines is 1. The monoisotopic (exact) mass is 435 g/mol. The second kappa shape index (κ2) is 9.33. The average Bonchev–Trinajstić information content (AvgIpc) is 3.12. The number of hydrogen-bond donors (Lipinski definition) is 2. The second-order valence-corrected chi connectivity index (χ2v) is 6.61. The Morgan fingerprint density at radius 2 is 1.64 bits per heavy atom. The third kappa shape index (κ3) is 4.67. The van der Waals surface area contributed by atoms with Crippen molar-refractivity contribution in [2.24, 2.45) is 0 Å². The molecule has 0 atom stereocenters. The van der Waals surface area contributed by atoms with E-state index in [0.717, 1.165) is 18.5 Å². The van der Waals surface area contributed by atoms with Crippen molar-refractivity contribution in [3.63, 3.8) is 0 Å². The molecule has 2 N–H and O–H groups in total. The zero-order valence-corrected chi connectivity index (χ0v) is 17.0. The molecule has 0 bridgehead atoms. The molecule has 0 radical (unpaired) electrons. The van der Waals surface area contributed by atoms with E-state index >= 15 is 0 Å². The fourth-order valence-corrected chi connectivity index (χ4v) is 3.26. The van der Waals surface area contributed by atoms with Gasteiger partial charge in [0.05, 0.1) is 5.56 Å². The van der Waals surface area contributed by atoms with Crippen molar-refractivity contribution in [2.75, 3.05) is 6.54 Å². The maximum Gasteiger partial charge on any atom is 0.251 e. The summed E-state index contributed by atoms with van der Waals surface area (Å²) in [5.41, 5.74) is 4.26. The maximum absolute atomic E-state index is 12.4. The SMILES string of the molecule is O=C(NCCc1c[nH]c2ccccc12)c1cc[n+](Cc2ccccc2)cc1.[Br-]. The molecule has 28 heavy (non-hydrogen) atoms. The van der Waals surface area contributed by atoms with Crippen LogP contribution in [0.1, 0.15) is 21.5 Å². The molecule has 0 spiro atoms. The Morgan fingerprint density at radius 3 is 2.43 bits per heavy atom. The number of para-hydroxylation sites is 1. The third-order valence-corrected chi connectivity index (χ3v) is 4.72. The molecule has 5 heteroatoms. The average molecular weight is 436 g/mol. The lowest BCUT2D eigenvalue weighted by Crippen LogP contribution is -3.00. The zero-order valence-electron chi connectivity index (χ0n) is 15.4. The van der Waals surface area contributed by atoms with Crippen molar-refractivity contribution < 1.29 is 26.3 Å². The predicted octanol–water partition coefficient (Wildman–Crippen LogP) is 0.480. The second-order valence-electron chi connectivity index (χ2n) is 6.61. The minimum Gasteiger partial charge on any atom is -1.00 e. The molecule has 0 fully saturated rings. The van der Waals surface area contributed by atoms with Gasteiger partial charge >= 0.3 is 0 Å². The Morgan fingerprint density at radius 1 is 0.929 bits per heavy atom. The molecule has 4 nitrogen and oxygen atoms in total. The van der Waals surface area contributed by atoms with Crippen LogP contribution in [0.25, 0.3) is 10.9 Å². The Balaban J connectivity index is 0.00000225. The molecule has 0 saturated carbocycles. The van der Waals surface area contributed by atoms with Gasteiger partial charge in [-0.15, -0.1) is 0 Å². The molecule has 0 saturated heterocycles. The van der Waals surface area contributed by atoms with Crippen molar-refractivity contribution in [3.8, 4) is 0 Å². The maximum atomic E-state index is 12.4. The van der Waals surface area contributed by atoms with Crippen LogP contribution in [-0.2, 0) is 13.0 Å². The first-order valence-corrected chi connectivity index (χ1v) is 9.16. The molecular weight excluding hydrogens is 414 g/mol. The van der Waals surface area contributed by atoms with E-state index in [1.807, 2.05) is 61.1 Å². The van der Waals surface area contributed by atoms with E-state index in [1.54, 1.807) is 0 Å². The number of aromatic nitrogens is 2. The van der Waals surface area contributed by atoms with E-state index in [0.29, 0.717) is 12.1 Å². The molecule has 0 aliphatic rings. The topological polar surface area (TPSA) is 48.8 Å². The summed E-state index contributed by atoms with van der Waals surface area (Å²) in [6, 6.07) is 22.2. The van der Waals surface area contributed by atoms with E-state index in [-0.39, 0.29) is 22.9 Å². The Hall–Kier alpha value is -2.92. The molecular formula is C23H22BrN3O. The van der Waals surface area contributed by atoms with E-state index < -0.39 is 0 Å². The summed E-state index contributed by atoms with van der Waals surface area (Å²) in [4.78, 5) is 15.6. The van der Waals surface area contributed by atoms with Crippen LogP contribution < -0.4 is 26.9 Å². The van der Waals surface area contributed by atoms with E-state index in [9.17, 15) is 4.79 Å². The van der Waals surface area contributed by atoms with Gasteiger partial charge in [-0.2, -0.15) is 0 Å². The van der Waals surface area contributed by atoms with Gasteiger partial charge in [0, 0.05) is 41.3 Å². The molecule has 0 aliphatic carbocycles. The lowest BCUT2D eigenvalue weighted by Gasteiger charge is -2.05. The summed E-state index contributed by atoms with van der Waals surface area (Å²) in [6.07, 6.45) is 6.71. The van der Waals surface area contributed by atoms with Crippen molar-refractivity contribution in [1.29, 1.82) is 0 Å². The van der Waals surface area contributed by atoms with Gasteiger partial charge in [-0.25, -0.2) is 4.57 Å². The molecule has 142 valence electrons. The Bertz CT molecular complexity index is 1040. The lowest BCUT2D eigenvalue weighted by atomic mass is 10.1. The van der Waals surface area contributed by atoms with Gasteiger partial charge in [-0.1, -0.05) is 48.5 Å². The van der Waals surface area contributed by atoms with Gasteiger partial charge in [0.2, 0.25) is 0 Å². The van der Waals surface area contributed by atoms with Crippen molar-refractivity contribution >= 4 is 16.8 Å². The number of halogens is 1. The molecule has 4 aromatic rings. The number of fused-ring (bicyclic) bond motifs is 1. The van der Waals surface area contributed by atoms with Gasteiger partial charge in [-0.05, 0) is 18.1 Å². The summed E-state index contributed by atoms with van der Waals surface area (Å²) in [6.45, 7) is 1.41. The number of amides is 1. The van der Waals surface area contributed by atoms with Gasteiger partial charge < -0.3 is 27.3 Å². The summed E-state index contributed by atoms with van der Waals surface area (Å²) >= 11 is 0. The number of H-pyrrole nitrogens is 1. The fourth-order valence-electron chi connectivity index (χ4n) is 3.26. The quantitative estimate of drug-likeness (QED) is 0.425. The summed E-state index contributed by atoms with van der Waals surface area (Å²) in [5.74, 6) is -0.0401. The summed E-state index contributed by atoms with van der Waals surface area (Å²) in [5, 5.41) is 4.23. The van der Waals surface area contributed by atoms with E-state index in [4.69, 9.17) is 0 Å². The highest BCUT2D eigenvalue weighted by molar-refractivity contribution is 5.93. The molecule has 0 unspecified atom stereocenters. The lowest BCUT2D eigenvalue weighted by molar-refractivity contribution is -0.688. The zero-order chi connectivity index (χ0) is 18.5. The number of hydrogen-bond acceptors (Lipinski definition) is 1. The largest absolute Gasteiger partial charge is 1.00 e. The first-order chi connectivity index (χ1) is 13.3. The highest BCUT2D eigenvalue weighted by atomic mass is 79.9. The standard InChI is InChI=1S/C23H21N3O.BrH/c27-23(24-13-10-20-16-25-22-9-5-4-8-21(20)22)19-11-14-26(15-12-19)17-18-6-2-1-3-7-18;/h1-9,11-12,14-16,25H,10,13,17H2;1H. The number of carbonyl (C=O) groups is 1. The minimum absolute atomic E-state index is 0. The number of nitrogens with one attached hydrogen (secondary N) is 2. The molecule has 0 aliphatic heterocycles. The Kier molecular flexibility index (Phi) is 6.61. The van der Waals surface area contributed by atoms with Crippen LogP contribution in [-0.4, -0.2) is 17.4 Å². The fraction of sp³-hybridized carbons (Fsp3) is 0.130. The van der Waals surface area contributed by atoms with Crippen molar-refractivity contribution in [2.45, 2.75) is 13.0 Å². The first-order valence-electron chi connectivity index (χ1n) is 9.16. The molecule has 2 aromatic heterocycles. The number of rotatable bonds is 6. The minimum atomic E-state index is -0.0401. The number of nitrogens with zero attached hydrogens (tertiary/aromatic N) is 1. The van der Waals surface area contributed by atoms with Crippen LogP contribution in [0.4, 0.5) is 0 Å². The van der Waals surface area contributed by atoms with Crippen LogP contribution >= 0.6 is 0 Å².